The van der Waals surface area contributed by atoms with Crippen LogP contribution in [0.25, 0.3) is 33.1 Å². The van der Waals surface area contributed by atoms with E-state index in [1.165, 1.54) is 11.1 Å². The first-order valence-electron chi connectivity index (χ1n) is 13.1. The molecule has 0 saturated carbocycles. The summed E-state index contributed by atoms with van der Waals surface area (Å²) in [5.41, 5.74) is 9.53. The van der Waals surface area contributed by atoms with Crippen molar-refractivity contribution in [2.45, 2.75) is 0 Å². The molecule has 0 atom stereocenters. The van der Waals surface area contributed by atoms with Crippen molar-refractivity contribution in [2.24, 2.45) is 0 Å². The lowest BCUT2D eigenvalue weighted by molar-refractivity contribution is 0.669. The van der Waals surface area contributed by atoms with Gasteiger partial charge in [-0.25, -0.2) is 0 Å². The Morgan fingerprint density at radius 2 is 1.00 bits per heavy atom. The average molecular weight is 503 g/mol. The molecular weight excluding hydrogens is 476 g/mol. The second-order valence-corrected chi connectivity index (χ2v) is 9.53. The first-order valence-corrected chi connectivity index (χ1v) is 13.1. The number of rotatable bonds is 6. The summed E-state index contributed by atoms with van der Waals surface area (Å²) in [7, 11) is 0. The number of furan rings is 1. The van der Waals surface area contributed by atoms with Crippen molar-refractivity contribution in [3.63, 3.8) is 0 Å². The number of hydrogen-bond donors (Lipinski definition) is 1. The fourth-order valence-corrected chi connectivity index (χ4v) is 5.18. The van der Waals surface area contributed by atoms with Gasteiger partial charge >= 0.3 is 0 Å². The van der Waals surface area contributed by atoms with Gasteiger partial charge in [-0.05, 0) is 77.9 Å². The van der Waals surface area contributed by atoms with E-state index in [1.807, 2.05) is 30.3 Å². The largest absolute Gasteiger partial charge is 0.456 e. The number of nitrogens with zero attached hydrogens (tertiary/aromatic N) is 1. The maximum Gasteiger partial charge on any atom is 0.137 e. The third-order valence-corrected chi connectivity index (χ3v) is 7.04. The molecule has 3 nitrogen and oxygen atoms in total. The number of anilines is 5. The molecule has 1 heterocycles. The summed E-state index contributed by atoms with van der Waals surface area (Å²) in [6, 6.07) is 52.5. The van der Waals surface area contributed by atoms with Crippen LogP contribution in [0.5, 0.6) is 0 Å². The number of hydrogen-bond acceptors (Lipinski definition) is 3. The molecule has 0 aliphatic carbocycles. The molecule has 0 aliphatic rings. The van der Waals surface area contributed by atoms with Gasteiger partial charge in [0.15, 0.2) is 0 Å². The van der Waals surface area contributed by atoms with Crippen LogP contribution in [0.2, 0.25) is 0 Å². The first-order chi connectivity index (χ1) is 19.3. The molecule has 0 aliphatic heterocycles. The van der Waals surface area contributed by atoms with E-state index in [9.17, 15) is 0 Å². The number of fused-ring (bicyclic) bond motifs is 3. The number of benzene rings is 6. The van der Waals surface area contributed by atoms with Crippen molar-refractivity contribution >= 4 is 50.4 Å². The van der Waals surface area contributed by atoms with E-state index in [0.29, 0.717) is 0 Å². The van der Waals surface area contributed by atoms with E-state index in [1.54, 1.807) is 0 Å². The number of nitrogens with one attached hydrogen (secondary N) is 1. The van der Waals surface area contributed by atoms with Crippen LogP contribution in [-0.2, 0) is 0 Å². The Hall–Kier alpha value is -5.28. The monoisotopic (exact) mass is 502 g/mol. The third-order valence-electron chi connectivity index (χ3n) is 7.04. The van der Waals surface area contributed by atoms with Crippen LogP contribution in [0.1, 0.15) is 0 Å². The molecule has 7 rings (SSSR count). The highest BCUT2D eigenvalue weighted by atomic mass is 16.3. The van der Waals surface area contributed by atoms with Crippen LogP contribution < -0.4 is 10.2 Å². The van der Waals surface area contributed by atoms with Gasteiger partial charge in [0, 0.05) is 28.1 Å². The number of para-hydroxylation sites is 2. The van der Waals surface area contributed by atoms with Gasteiger partial charge in [-0.1, -0.05) is 84.9 Å². The second-order valence-electron chi connectivity index (χ2n) is 9.53. The van der Waals surface area contributed by atoms with E-state index >= 15 is 0 Å². The molecule has 0 amide bonds. The van der Waals surface area contributed by atoms with Crippen molar-refractivity contribution in [3.05, 3.63) is 152 Å². The Labute approximate surface area is 227 Å². The van der Waals surface area contributed by atoms with Gasteiger partial charge in [-0.2, -0.15) is 0 Å². The Balaban J connectivity index is 1.24. The summed E-state index contributed by atoms with van der Waals surface area (Å²) in [4.78, 5) is 2.29. The minimum absolute atomic E-state index is 0.881. The molecule has 3 heteroatoms. The van der Waals surface area contributed by atoms with Gasteiger partial charge in [0.1, 0.15) is 11.2 Å². The Morgan fingerprint density at radius 3 is 1.74 bits per heavy atom. The van der Waals surface area contributed by atoms with Crippen molar-refractivity contribution in [1.29, 1.82) is 0 Å². The summed E-state index contributed by atoms with van der Waals surface area (Å²) < 4.78 is 6.20. The Bertz CT molecular complexity index is 1860. The minimum atomic E-state index is 0.881. The maximum absolute atomic E-state index is 6.20. The molecule has 0 saturated heterocycles. The molecule has 186 valence electrons. The molecule has 0 bridgehead atoms. The van der Waals surface area contributed by atoms with Crippen LogP contribution in [-0.4, -0.2) is 0 Å². The van der Waals surface area contributed by atoms with Crippen LogP contribution >= 0.6 is 0 Å². The molecule has 0 unspecified atom stereocenters. The smallest absolute Gasteiger partial charge is 0.137 e. The van der Waals surface area contributed by atoms with Crippen LogP contribution in [0, 0.1) is 0 Å². The molecule has 1 aromatic heterocycles. The summed E-state index contributed by atoms with van der Waals surface area (Å²) >= 11 is 0. The lowest BCUT2D eigenvalue weighted by Crippen LogP contribution is -2.10. The van der Waals surface area contributed by atoms with Crippen LogP contribution in [0.4, 0.5) is 28.4 Å². The molecule has 0 spiro atoms. The molecule has 0 fully saturated rings. The summed E-state index contributed by atoms with van der Waals surface area (Å²) in [5, 5.41) is 5.77. The van der Waals surface area contributed by atoms with Gasteiger partial charge in [-0.15, -0.1) is 0 Å². The van der Waals surface area contributed by atoms with Crippen molar-refractivity contribution in [3.8, 4) is 11.1 Å². The van der Waals surface area contributed by atoms with Crippen molar-refractivity contribution < 1.29 is 4.42 Å². The third kappa shape index (κ3) is 4.41. The van der Waals surface area contributed by atoms with E-state index in [0.717, 1.165) is 50.4 Å². The molecule has 6 aromatic carbocycles. The quantitative estimate of drug-likeness (QED) is 0.245. The molecule has 1 N–H and O–H groups in total. The second kappa shape index (κ2) is 9.88. The van der Waals surface area contributed by atoms with Gasteiger partial charge in [-0.3, -0.25) is 0 Å². The van der Waals surface area contributed by atoms with Crippen molar-refractivity contribution in [2.75, 3.05) is 10.2 Å². The average Bonchev–Trinajstić information content (AvgIpc) is 3.39. The lowest BCUT2D eigenvalue weighted by Gasteiger charge is -2.26. The standard InChI is InChI=1S/C36H26N2O/c1-3-10-26(11-4-1)27-18-20-28(21-19-27)37-29-22-24-31(25-23-29)38(30-12-5-2-6-13-30)33-15-9-17-35-36(33)32-14-7-8-16-34(32)39-35/h1-25,37H. The van der Waals surface area contributed by atoms with Gasteiger partial charge in [0.2, 0.25) is 0 Å². The molecule has 7 aromatic rings. The fourth-order valence-electron chi connectivity index (χ4n) is 5.18. The predicted octanol–water partition coefficient (Wildman–Crippen LogP) is 10.5. The maximum atomic E-state index is 6.20. The highest BCUT2D eigenvalue weighted by Crippen LogP contribution is 2.42. The highest BCUT2D eigenvalue weighted by molar-refractivity contribution is 6.13. The first kappa shape index (κ1) is 22.9. The molecule has 39 heavy (non-hydrogen) atoms. The lowest BCUT2D eigenvalue weighted by atomic mass is 10.1. The zero-order valence-electron chi connectivity index (χ0n) is 21.3. The fraction of sp³-hybridized carbons (Fsp3) is 0. The predicted molar refractivity (Wildman–Crippen MR) is 164 cm³/mol. The highest BCUT2D eigenvalue weighted by Gasteiger charge is 2.18. The van der Waals surface area contributed by atoms with Gasteiger partial charge in [0.25, 0.3) is 0 Å². The molecule has 0 radical (unpaired) electrons. The van der Waals surface area contributed by atoms with E-state index in [-0.39, 0.29) is 0 Å². The van der Waals surface area contributed by atoms with Crippen LogP contribution in [0.15, 0.2) is 156 Å². The Morgan fingerprint density at radius 1 is 0.436 bits per heavy atom. The summed E-state index contributed by atoms with van der Waals surface area (Å²) in [6.45, 7) is 0. The van der Waals surface area contributed by atoms with Crippen molar-refractivity contribution in [1.82, 2.24) is 0 Å². The zero-order valence-corrected chi connectivity index (χ0v) is 21.3. The summed E-state index contributed by atoms with van der Waals surface area (Å²) in [5.74, 6) is 0. The SMILES string of the molecule is c1ccc(-c2ccc(Nc3ccc(N(c4ccccc4)c4cccc5oc6ccccc6c45)cc3)cc2)cc1. The van der Waals surface area contributed by atoms with Gasteiger partial charge < -0.3 is 14.6 Å². The van der Waals surface area contributed by atoms with E-state index in [2.05, 4.69) is 132 Å². The minimum Gasteiger partial charge on any atom is -0.456 e. The van der Waals surface area contributed by atoms with Crippen LogP contribution in [0.3, 0.4) is 0 Å². The molecular formula is C36H26N2O. The topological polar surface area (TPSA) is 28.4 Å². The zero-order chi connectivity index (χ0) is 26.0. The van der Waals surface area contributed by atoms with E-state index in [4.69, 9.17) is 4.42 Å². The summed E-state index contributed by atoms with van der Waals surface area (Å²) in [6.07, 6.45) is 0. The van der Waals surface area contributed by atoms with E-state index < -0.39 is 0 Å². The Kier molecular flexibility index (Phi) is 5.80. The normalized spacial score (nSPS) is 11.1. The van der Waals surface area contributed by atoms with Gasteiger partial charge in [0.05, 0.1) is 11.1 Å².